The standard InChI is InChI=1S/C14H15N5O2/c1-10(20)11-3-2-4-12(7-11)16-14(21)18-5-6-19-9-15-17-13(19)8-18/h2-4,7,9H,5-6,8H2,1H3,(H,16,21). The van der Waals surface area contributed by atoms with Gasteiger partial charge in [0.25, 0.3) is 0 Å². The number of aromatic nitrogens is 3. The number of hydrogen-bond acceptors (Lipinski definition) is 4. The number of rotatable bonds is 2. The molecule has 0 aliphatic carbocycles. The van der Waals surface area contributed by atoms with E-state index in [4.69, 9.17) is 0 Å². The fourth-order valence-corrected chi connectivity index (χ4v) is 2.26. The van der Waals surface area contributed by atoms with Crippen LogP contribution in [0.3, 0.4) is 0 Å². The van der Waals surface area contributed by atoms with Crippen LogP contribution in [0, 0.1) is 0 Å². The quantitative estimate of drug-likeness (QED) is 0.848. The second kappa shape index (κ2) is 5.35. The van der Waals surface area contributed by atoms with Gasteiger partial charge in [-0.25, -0.2) is 4.79 Å². The van der Waals surface area contributed by atoms with E-state index >= 15 is 0 Å². The Hall–Kier alpha value is -2.70. The largest absolute Gasteiger partial charge is 0.322 e. The molecule has 0 bridgehead atoms. The summed E-state index contributed by atoms with van der Waals surface area (Å²) in [6, 6.07) is 6.70. The molecule has 108 valence electrons. The summed E-state index contributed by atoms with van der Waals surface area (Å²) in [4.78, 5) is 25.3. The van der Waals surface area contributed by atoms with Crippen LogP contribution in [0.5, 0.6) is 0 Å². The molecular formula is C14H15N5O2. The molecule has 21 heavy (non-hydrogen) atoms. The van der Waals surface area contributed by atoms with Crippen molar-refractivity contribution in [1.29, 1.82) is 0 Å². The van der Waals surface area contributed by atoms with Gasteiger partial charge in [-0.1, -0.05) is 12.1 Å². The highest BCUT2D eigenvalue weighted by Gasteiger charge is 2.21. The zero-order valence-corrected chi connectivity index (χ0v) is 11.6. The van der Waals surface area contributed by atoms with E-state index in [1.165, 1.54) is 6.92 Å². The normalized spacial score (nSPS) is 13.7. The van der Waals surface area contributed by atoms with Gasteiger partial charge in [0.15, 0.2) is 11.6 Å². The third-order valence-corrected chi connectivity index (χ3v) is 3.45. The minimum absolute atomic E-state index is 0.0304. The first-order valence-electron chi connectivity index (χ1n) is 6.67. The van der Waals surface area contributed by atoms with Gasteiger partial charge < -0.3 is 14.8 Å². The number of urea groups is 1. The molecule has 1 aliphatic heterocycles. The van der Waals surface area contributed by atoms with E-state index in [9.17, 15) is 9.59 Å². The summed E-state index contributed by atoms with van der Waals surface area (Å²) in [6.07, 6.45) is 1.67. The van der Waals surface area contributed by atoms with Crippen LogP contribution < -0.4 is 5.32 Å². The molecule has 1 aliphatic rings. The minimum atomic E-state index is -0.204. The second-order valence-corrected chi connectivity index (χ2v) is 4.93. The summed E-state index contributed by atoms with van der Waals surface area (Å²) in [5.41, 5.74) is 1.19. The molecule has 0 unspecified atom stereocenters. The number of hydrogen-bond donors (Lipinski definition) is 1. The minimum Gasteiger partial charge on any atom is -0.315 e. The van der Waals surface area contributed by atoms with Gasteiger partial charge in [0.1, 0.15) is 6.33 Å². The number of nitrogens with zero attached hydrogens (tertiary/aromatic N) is 4. The smallest absolute Gasteiger partial charge is 0.315 e. The highest BCUT2D eigenvalue weighted by molar-refractivity contribution is 5.96. The molecule has 2 amide bonds. The van der Waals surface area contributed by atoms with E-state index in [1.54, 1.807) is 35.5 Å². The number of carbonyl (C=O) groups is 2. The number of anilines is 1. The van der Waals surface area contributed by atoms with Crippen LogP contribution in [0.4, 0.5) is 10.5 Å². The highest BCUT2D eigenvalue weighted by atomic mass is 16.2. The molecule has 1 aromatic carbocycles. The molecular weight excluding hydrogens is 270 g/mol. The molecule has 1 N–H and O–H groups in total. The molecule has 3 rings (SSSR count). The van der Waals surface area contributed by atoms with Crippen molar-refractivity contribution >= 4 is 17.5 Å². The van der Waals surface area contributed by atoms with Crippen molar-refractivity contribution in [2.75, 3.05) is 11.9 Å². The average Bonchev–Trinajstić information content (AvgIpc) is 2.94. The molecule has 0 spiro atoms. The third-order valence-electron chi connectivity index (χ3n) is 3.45. The monoisotopic (exact) mass is 285 g/mol. The first-order chi connectivity index (χ1) is 10.1. The number of Topliss-reactive ketones (excluding diaryl/α,β-unsaturated/α-hetero) is 1. The summed E-state index contributed by atoms with van der Waals surface area (Å²) in [7, 11) is 0. The fourth-order valence-electron chi connectivity index (χ4n) is 2.26. The van der Waals surface area contributed by atoms with Gasteiger partial charge in [-0.2, -0.15) is 0 Å². The van der Waals surface area contributed by atoms with Crippen LogP contribution in [0.25, 0.3) is 0 Å². The van der Waals surface area contributed by atoms with E-state index in [1.807, 2.05) is 4.57 Å². The molecule has 0 atom stereocenters. The summed E-state index contributed by atoms with van der Waals surface area (Å²) in [6.45, 7) is 3.21. The zero-order valence-electron chi connectivity index (χ0n) is 11.6. The Morgan fingerprint density at radius 3 is 2.95 bits per heavy atom. The summed E-state index contributed by atoms with van der Waals surface area (Å²) >= 11 is 0. The first kappa shape index (κ1) is 13.3. The Morgan fingerprint density at radius 1 is 1.29 bits per heavy atom. The van der Waals surface area contributed by atoms with Crippen LogP contribution in [0.1, 0.15) is 23.1 Å². The van der Waals surface area contributed by atoms with Crippen molar-refractivity contribution in [1.82, 2.24) is 19.7 Å². The molecule has 7 nitrogen and oxygen atoms in total. The number of nitrogens with one attached hydrogen (secondary N) is 1. The van der Waals surface area contributed by atoms with Crippen molar-refractivity contribution in [3.8, 4) is 0 Å². The highest BCUT2D eigenvalue weighted by Crippen LogP contribution is 2.14. The SMILES string of the molecule is CC(=O)c1cccc(NC(=O)N2CCn3cnnc3C2)c1. The van der Waals surface area contributed by atoms with Gasteiger partial charge in [-0.05, 0) is 19.1 Å². The number of benzene rings is 1. The molecule has 2 heterocycles. The topological polar surface area (TPSA) is 80.1 Å². The third kappa shape index (κ3) is 2.76. The summed E-state index contributed by atoms with van der Waals surface area (Å²) in [5.74, 6) is 0.742. The Morgan fingerprint density at radius 2 is 2.14 bits per heavy atom. The Bertz CT molecular complexity index is 694. The second-order valence-electron chi connectivity index (χ2n) is 4.93. The van der Waals surface area contributed by atoms with E-state index < -0.39 is 0 Å². The first-order valence-corrected chi connectivity index (χ1v) is 6.67. The zero-order chi connectivity index (χ0) is 14.8. The van der Waals surface area contributed by atoms with Crippen molar-refractivity contribution in [2.24, 2.45) is 0 Å². The Kier molecular flexibility index (Phi) is 3.39. The Labute approximate surface area is 121 Å². The predicted octanol–water partition coefficient (Wildman–Crippen LogP) is 1.53. The van der Waals surface area contributed by atoms with Gasteiger partial charge in [-0.15, -0.1) is 10.2 Å². The molecule has 7 heteroatoms. The van der Waals surface area contributed by atoms with Gasteiger partial charge in [0, 0.05) is 24.3 Å². The van der Waals surface area contributed by atoms with Crippen molar-refractivity contribution in [2.45, 2.75) is 20.0 Å². The lowest BCUT2D eigenvalue weighted by molar-refractivity contribution is 0.101. The molecule has 0 saturated carbocycles. The average molecular weight is 285 g/mol. The van der Waals surface area contributed by atoms with Crippen molar-refractivity contribution in [3.63, 3.8) is 0 Å². The summed E-state index contributed by atoms with van der Waals surface area (Å²) < 4.78 is 1.93. The van der Waals surface area contributed by atoms with Crippen molar-refractivity contribution in [3.05, 3.63) is 42.0 Å². The summed E-state index contributed by atoms with van der Waals surface area (Å²) in [5, 5.41) is 10.6. The van der Waals surface area contributed by atoms with Gasteiger partial charge in [0.05, 0.1) is 6.54 Å². The van der Waals surface area contributed by atoms with Crippen LogP contribution >= 0.6 is 0 Å². The fraction of sp³-hybridized carbons (Fsp3) is 0.286. The molecule has 1 aromatic heterocycles. The van der Waals surface area contributed by atoms with Gasteiger partial charge in [0.2, 0.25) is 0 Å². The van der Waals surface area contributed by atoms with E-state index in [0.717, 1.165) is 5.82 Å². The van der Waals surface area contributed by atoms with Gasteiger partial charge in [-0.3, -0.25) is 4.79 Å². The van der Waals surface area contributed by atoms with Crippen molar-refractivity contribution < 1.29 is 9.59 Å². The Balaban J connectivity index is 1.70. The van der Waals surface area contributed by atoms with E-state index in [0.29, 0.717) is 30.9 Å². The molecule has 2 aromatic rings. The maximum absolute atomic E-state index is 12.3. The number of ketones is 1. The molecule has 0 radical (unpaired) electrons. The number of fused-ring (bicyclic) bond motifs is 1. The van der Waals surface area contributed by atoms with Crippen LogP contribution in [0.15, 0.2) is 30.6 Å². The lowest BCUT2D eigenvalue weighted by Crippen LogP contribution is -2.40. The maximum atomic E-state index is 12.3. The van der Waals surface area contributed by atoms with Gasteiger partial charge >= 0.3 is 6.03 Å². The van der Waals surface area contributed by atoms with E-state index in [-0.39, 0.29) is 11.8 Å². The van der Waals surface area contributed by atoms with Crippen LogP contribution in [-0.2, 0) is 13.1 Å². The lowest BCUT2D eigenvalue weighted by Gasteiger charge is -2.27. The number of amides is 2. The molecule has 0 saturated heterocycles. The van der Waals surface area contributed by atoms with Crippen LogP contribution in [-0.4, -0.2) is 38.0 Å². The van der Waals surface area contributed by atoms with E-state index in [2.05, 4.69) is 15.5 Å². The maximum Gasteiger partial charge on any atom is 0.322 e. The molecule has 0 fully saturated rings. The lowest BCUT2D eigenvalue weighted by atomic mass is 10.1. The number of carbonyl (C=O) groups excluding carboxylic acids is 2. The van der Waals surface area contributed by atoms with Crippen LogP contribution in [0.2, 0.25) is 0 Å². The predicted molar refractivity (Wildman–Crippen MR) is 75.9 cm³/mol.